The van der Waals surface area contributed by atoms with Gasteiger partial charge in [-0.2, -0.15) is 5.10 Å². The lowest BCUT2D eigenvalue weighted by molar-refractivity contribution is 0.0788. The molecule has 3 aromatic rings. The van der Waals surface area contributed by atoms with E-state index in [1.165, 1.54) is 5.56 Å². The van der Waals surface area contributed by atoms with Crippen LogP contribution in [0.3, 0.4) is 0 Å². The highest BCUT2D eigenvalue weighted by Gasteiger charge is 2.33. The van der Waals surface area contributed by atoms with Crippen LogP contribution in [0, 0.1) is 0 Å². The zero-order valence-electron chi connectivity index (χ0n) is 16.9. The van der Waals surface area contributed by atoms with Gasteiger partial charge in [0.2, 0.25) is 0 Å². The fraction of sp³-hybridized carbons (Fsp3) is 0.391. The second-order valence-electron chi connectivity index (χ2n) is 8.08. The molecule has 5 rings (SSSR count). The van der Waals surface area contributed by atoms with Crippen molar-refractivity contribution in [3.8, 4) is 5.95 Å². The lowest BCUT2D eigenvalue weighted by Crippen LogP contribution is -2.32. The zero-order chi connectivity index (χ0) is 20.3. The van der Waals surface area contributed by atoms with Crippen LogP contribution in [0.5, 0.6) is 0 Å². The third-order valence-electron chi connectivity index (χ3n) is 6.25. The van der Waals surface area contributed by atoms with Crippen LogP contribution in [0.15, 0.2) is 55.0 Å². The highest BCUT2D eigenvalue weighted by atomic mass is 16.2. The number of likely N-dealkylation sites (tertiary alicyclic amines) is 1. The van der Waals surface area contributed by atoms with Gasteiger partial charge in [0.15, 0.2) is 0 Å². The molecule has 1 aromatic carbocycles. The number of carbonyl (C=O) groups excluding carboxylic acids is 1. The first-order chi connectivity index (χ1) is 14.8. The molecular weight excluding hydrogens is 376 g/mol. The van der Waals surface area contributed by atoms with Crippen LogP contribution in [-0.2, 0) is 0 Å². The van der Waals surface area contributed by atoms with Crippen molar-refractivity contribution >= 4 is 5.91 Å². The predicted octanol–water partition coefficient (Wildman–Crippen LogP) is 2.76. The van der Waals surface area contributed by atoms with Gasteiger partial charge in [0, 0.05) is 37.3 Å². The van der Waals surface area contributed by atoms with Crippen molar-refractivity contribution in [3.05, 3.63) is 71.8 Å². The monoisotopic (exact) mass is 402 g/mol. The number of benzene rings is 1. The van der Waals surface area contributed by atoms with E-state index in [-0.39, 0.29) is 11.8 Å². The normalized spacial score (nSPS) is 19.9. The van der Waals surface area contributed by atoms with Crippen molar-refractivity contribution in [3.63, 3.8) is 0 Å². The van der Waals surface area contributed by atoms with Gasteiger partial charge in [-0.3, -0.25) is 4.79 Å². The van der Waals surface area contributed by atoms with Crippen LogP contribution >= 0.6 is 0 Å². The van der Waals surface area contributed by atoms with Crippen LogP contribution in [0.2, 0.25) is 0 Å². The second-order valence-corrected chi connectivity index (χ2v) is 8.08. The molecule has 154 valence electrons. The Labute approximate surface area is 176 Å². The topological polar surface area (TPSA) is 75.9 Å². The summed E-state index contributed by atoms with van der Waals surface area (Å²) >= 11 is 0. The van der Waals surface area contributed by atoms with E-state index >= 15 is 0 Å². The summed E-state index contributed by atoms with van der Waals surface area (Å²) in [6.45, 7) is 3.41. The first kappa shape index (κ1) is 18.9. The molecule has 0 unspecified atom stereocenters. The molecule has 1 N–H and O–H groups in total. The molecule has 30 heavy (non-hydrogen) atoms. The van der Waals surface area contributed by atoms with Crippen molar-refractivity contribution in [2.75, 3.05) is 26.2 Å². The first-order valence-corrected chi connectivity index (χ1v) is 10.7. The minimum atomic E-state index is 0.0733. The Morgan fingerprint density at radius 3 is 2.50 bits per heavy atom. The number of hydrogen-bond donors (Lipinski definition) is 1. The minimum absolute atomic E-state index is 0.0733. The maximum absolute atomic E-state index is 13.5. The maximum Gasteiger partial charge on any atom is 0.257 e. The molecule has 2 aliphatic heterocycles. The van der Waals surface area contributed by atoms with Gasteiger partial charge in [-0.05, 0) is 44.0 Å². The number of nitrogens with zero attached hydrogens (tertiary/aromatic N) is 5. The standard InChI is InChI=1S/C23H26N6O/c30-22(28-14-9-19(16-28)17-5-2-1-3-6-17)20-15-27-29(23-25-10-4-11-26-23)21(20)18-7-12-24-13-8-18/h1-6,10-11,15,18-19,24H,7-9,12-14,16H2/t19-/m0/s1. The van der Waals surface area contributed by atoms with Gasteiger partial charge >= 0.3 is 0 Å². The van der Waals surface area contributed by atoms with E-state index < -0.39 is 0 Å². The summed E-state index contributed by atoms with van der Waals surface area (Å²) in [6, 6.07) is 12.3. The number of amides is 1. The molecule has 2 aliphatic rings. The minimum Gasteiger partial charge on any atom is -0.338 e. The van der Waals surface area contributed by atoms with E-state index in [2.05, 4.69) is 44.6 Å². The second kappa shape index (κ2) is 8.36. The Kier molecular flexibility index (Phi) is 5.27. The van der Waals surface area contributed by atoms with E-state index in [4.69, 9.17) is 0 Å². The van der Waals surface area contributed by atoms with Gasteiger partial charge in [0.25, 0.3) is 11.9 Å². The van der Waals surface area contributed by atoms with Gasteiger partial charge < -0.3 is 10.2 Å². The fourth-order valence-electron chi connectivity index (χ4n) is 4.68. The molecule has 2 saturated heterocycles. The third kappa shape index (κ3) is 3.61. The Morgan fingerprint density at radius 2 is 1.73 bits per heavy atom. The Bertz CT molecular complexity index is 997. The van der Waals surface area contributed by atoms with Crippen molar-refractivity contribution in [2.45, 2.75) is 31.1 Å². The van der Waals surface area contributed by atoms with Gasteiger partial charge in [-0.15, -0.1) is 0 Å². The molecule has 4 heterocycles. The first-order valence-electron chi connectivity index (χ1n) is 10.7. The molecule has 2 fully saturated rings. The summed E-state index contributed by atoms with van der Waals surface area (Å²) in [6.07, 6.45) is 8.09. The number of carbonyl (C=O) groups is 1. The van der Waals surface area contributed by atoms with Crippen LogP contribution in [0.1, 0.15) is 52.7 Å². The molecule has 1 atom stereocenters. The quantitative estimate of drug-likeness (QED) is 0.726. The predicted molar refractivity (Wildman–Crippen MR) is 114 cm³/mol. The van der Waals surface area contributed by atoms with Crippen molar-refractivity contribution in [1.29, 1.82) is 0 Å². The molecule has 0 spiro atoms. The lowest BCUT2D eigenvalue weighted by Gasteiger charge is -2.25. The van der Waals surface area contributed by atoms with Crippen LogP contribution in [0.25, 0.3) is 5.95 Å². The number of piperidine rings is 1. The molecular formula is C23H26N6O. The van der Waals surface area contributed by atoms with Crippen LogP contribution in [0.4, 0.5) is 0 Å². The molecule has 2 aromatic heterocycles. The van der Waals surface area contributed by atoms with Gasteiger partial charge in [0.1, 0.15) is 0 Å². The van der Waals surface area contributed by atoms with Crippen molar-refractivity contribution in [2.24, 2.45) is 0 Å². The van der Waals surface area contributed by atoms with Crippen molar-refractivity contribution in [1.82, 2.24) is 30.0 Å². The lowest BCUT2D eigenvalue weighted by atomic mass is 9.91. The summed E-state index contributed by atoms with van der Waals surface area (Å²) in [7, 11) is 0. The average molecular weight is 403 g/mol. The van der Waals surface area contributed by atoms with E-state index in [9.17, 15) is 4.79 Å². The molecule has 7 nitrogen and oxygen atoms in total. The van der Waals surface area contributed by atoms with E-state index in [1.807, 2.05) is 11.0 Å². The number of nitrogens with one attached hydrogen (secondary N) is 1. The van der Waals surface area contributed by atoms with E-state index in [0.717, 1.165) is 51.1 Å². The van der Waals surface area contributed by atoms with Crippen molar-refractivity contribution < 1.29 is 4.79 Å². The third-order valence-corrected chi connectivity index (χ3v) is 6.25. The zero-order valence-corrected chi connectivity index (χ0v) is 16.9. The molecule has 0 aliphatic carbocycles. The van der Waals surface area contributed by atoms with Crippen LogP contribution in [-0.4, -0.2) is 56.7 Å². The highest BCUT2D eigenvalue weighted by Crippen LogP contribution is 2.33. The van der Waals surface area contributed by atoms with E-state index in [0.29, 0.717) is 17.4 Å². The Morgan fingerprint density at radius 1 is 0.967 bits per heavy atom. The van der Waals surface area contributed by atoms with Gasteiger partial charge in [0.05, 0.1) is 17.5 Å². The largest absolute Gasteiger partial charge is 0.338 e. The maximum atomic E-state index is 13.5. The summed E-state index contributed by atoms with van der Waals surface area (Å²) in [5.74, 6) is 1.26. The number of rotatable bonds is 4. The smallest absolute Gasteiger partial charge is 0.257 e. The average Bonchev–Trinajstić information content (AvgIpc) is 3.48. The fourth-order valence-corrected chi connectivity index (χ4v) is 4.68. The van der Waals surface area contributed by atoms with E-state index in [1.54, 1.807) is 29.3 Å². The number of hydrogen-bond acceptors (Lipinski definition) is 5. The van der Waals surface area contributed by atoms with Gasteiger partial charge in [-0.1, -0.05) is 30.3 Å². The molecule has 0 radical (unpaired) electrons. The summed E-state index contributed by atoms with van der Waals surface area (Å²) < 4.78 is 1.77. The molecule has 7 heteroatoms. The Balaban J connectivity index is 1.45. The van der Waals surface area contributed by atoms with Gasteiger partial charge in [-0.25, -0.2) is 14.6 Å². The molecule has 0 bridgehead atoms. The SMILES string of the molecule is O=C(c1cnn(-c2ncccn2)c1C1CCNCC1)N1CC[C@H](c2ccccc2)C1. The summed E-state index contributed by atoms with van der Waals surface area (Å²) in [5, 5.41) is 7.96. The molecule has 1 amide bonds. The summed E-state index contributed by atoms with van der Waals surface area (Å²) in [5.41, 5.74) is 2.96. The van der Waals surface area contributed by atoms with Crippen LogP contribution < -0.4 is 5.32 Å². The highest BCUT2D eigenvalue weighted by molar-refractivity contribution is 5.95. The number of aromatic nitrogens is 4. The molecule has 0 saturated carbocycles. The summed E-state index contributed by atoms with van der Waals surface area (Å²) in [4.78, 5) is 24.3. The Hall–Kier alpha value is -3.06.